The van der Waals surface area contributed by atoms with Crippen LogP contribution >= 0.6 is 34.7 Å². The third kappa shape index (κ3) is 4.85. The van der Waals surface area contributed by atoms with Crippen LogP contribution in [-0.2, 0) is 17.9 Å². The van der Waals surface area contributed by atoms with Crippen molar-refractivity contribution < 1.29 is 9.21 Å². The number of nitrogens with zero attached hydrogens (tertiary/aromatic N) is 5. The third-order valence-corrected chi connectivity index (χ3v) is 7.00. The van der Waals surface area contributed by atoms with Gasteiger partial charge in [0.2, 0.25) is 5.91 Å². The normalized spacial score (nSPS) is 15.2. The lowest BCUT2D eigenvalue weighted by atomic mass is 10.3. The van der Waals surface area contributed by atoms with Crippen LogP contribution in [0.25, 0.3) is 11.6 Å². The van der Waals surface area contributed by atoms with E-state index in [0.29, 0.717) is 23.9 Å². The van der Waals surface area contributed by atoms with Gasteiger partial charge in [-0.05, 0) is 31.2 Å². The maximum absolute atomic E-state index is 12.7. The van der Waals surface area contributed by atoms with Crippen molar-refractivity contribution in [3.63, 3.8) is 0 Å². The van der Waals surface area contributed by atoms with Gasteiger partial charge < -0.3 is 9.32 Å². The van der Waals surface area contributed by atoms with Crippen molar-refractivity contribution in [2.75, 3.05) is 31.9 Å². The Labute approximate surface area is 182 Å². The summed E-state index contributed by atoms with van der Waals surface area (Å²) in [7, 11) is 0. The zero-order chi connectivity index (χ0) is 20.2. The molecule has 1 fully saturated rings. The van der Waals surface area contributed by atoms with Crippen molar-refractivity contribution in [2.24, 2.45) is 0 Å². The lowest BCUT2D eigenvalue weighted by Crippen LogP contribution is -2.48. The molecule has 0 radical (unpaired) electrons. The topological polar surface area (TPSA) is 67.4 Å². The summed E-state index contributed by atoms with van der Waals surface area (Å²) in [5.41, 5.74) is 0. The summed E-state index contributed by atoms with van der Waals surface area (Å²) in [6, 6.07) is 7.69. The van der Waals surface area contributed by atoms with Crippen LogP contribution in [0.5, 0.6) is 0 Å². The number of amides is 1. The molecule has 154 valence electrons. The number of carbonyl (C=O) groups is 1. The van der Waals surface area contributed by atoms with Gasteiger partial charge in [-0.15, -0.1) is 21.5 Å². The molecule has 0 aromatic carbocycles. The number of furan rings is 1. The highest BCUT2D eigenvalue weighted by molar-refractivity contribution is 7.99. The fourth-order valence-corrected chi connectivity index (χ4v) is 5.33. The summed E-state index contributed by atoms with van der Waals surface area (Å²) >= 11 is 9.05. The number of carbonyl (C=O) groups excluding carboxylic acids is 1. The van der Waals surface area contributed by atoms with Gasteiger partial charge in [-0.25, -0.2) is 0 Å². The van der Waals surface area contributed by atoms with Gasteiger partial charge in [0.15, 0.2) is 16.7 Å². The van der Waals surface area contributed by atoms with Crippen LogP contribution in [0, 0.1) is 0 Å². The van der Waals surface area contributed by atoms with Crippen LogP contribution < -0.4 is 0 Å². The van der Waals surface area contributed by atoms with Crippen LogP contribution in [0.1, 0.15) is 11.8 Å². The molecule has 0 N–H and O–H groups in total. The van der Waals surface area contributed by atoms with Gasteiger partial charge in [0.05, 0.1) is 16.4 Å². The molecule has 0 saturated carbocycles. The predicted molar refractivity (Wildman–Crippen MR) is 115 cm³/mol. The molecule has 4 rings (SSSR count). The van der Waals surface area contributed by atoms with E-state index in [1.165, 1.54) is 16.6 Å². The minimum Gasteiger partial charge on any atom is -0.461 e. The minimum atomic E-state index is 0.138. The van der Waals surface area contributed by atoms with Crippen molar-refractivity contribution in [1.82, 2.24) is 24.6 Å². The summed E-state index contributed by atoms with van der Waals surface area (Å²) in [5.74, 6) is 1.87. The molecule has 0 atom stereocenters. The zero-order valence-electron chi connectivity index (χ0n) is 16.1. The van der Waals surface area contributed by atoms with E-state index in [4.69, 9.17) is 16.0 Å². The molecule has 4 heterocycles. The summed E-state index contributed by atoms with van der Waals surface area (Å²) in [5, 5.41) is 9.21. The molecule has 3 aromatic rings. The highest BCUT2D eigenvalue weighted by Gasteiger charge is 2.23. The maximum atomic E-state index is 12.7. The van der Waals surface area contributed by atoms with Crippen LogP contribution in [0.2, 0.25) is 4.34 Å². The fourth-order valence-electron chi connectivity index (χ4n) is 3.30. The molecule has 10 heteroatoms. The molecule has 1 amide bonds. The number of hydrogen-bond donors (Lipinski definition) is 0. The SMILES string of the molecule is CCn1c(SCC(=O)N2CCN(Cc3ccc(Cl)s3)CC2)nnc1-c1ccco1. The van der Waals surface area contributed by atoms with E-state index in [2.05, 4.69) is 21.2 Å². The molecule has 0 bridgehead atoms. The quantitative estimate of drug-likeness (QED) is 0.510. The van der Waals surface area contributed by atoms with Gasteiger partial charge in [0, 0.05) is 44.1 Å². The van der Waals surface area contributed by atoms with Gasteiger partial charge in [-0.2, -0.15) is 0 Å². The Hall–Kier alpha value is -1.81. The lowest BCUT2D eigenvalue weighted by molar-refractivity contribution is -0.130. The maximum Gasteiger partial charge on any atom is 0.233 e. The molecule has 0 aliphatic carbocycles. The Kier molecular flexibility index (Phi) is 6.59. The van der Waals surface area contributed by atoms with Crippen molar-refractivity contribution in [1.29, 1.82) is 0 Å². The first kappa shape index (κ1) is 20.5. The van der Waals surface area contributed by atoms with E-state index in [1.807, 2.05) is 34.6 Å². The summed E-state index contributed by atoms with van der Waals surface area (Å²) in [4.78, 5) is 18.2. The van der Waals surface area contributed by atoms with Crippen molar-refractivity contribution >= 4 is 40.6 Å². The zero-order valence-corrected chi connectivity index (χ0v) is 18.5. The first-order valence-electron chi connectivity index (χ1n) is 9.48. The number of thioether (sulfide) groups is 1. The largest absolute Gasteiger partial charge is 0.461 e. The second-order valence-electron chi connectivity index (χ2n) is 6.68. The van der Waals surface area contributed by atoms with E-state index in [0.717, 1.165) is 42.2 Å². The molecular formula is C19H22ClN5O2S2. The Morgan fingerprint density at radius 1 is 1.24 bits per heavy atom. The van der Waals surface area contributed by atoms with E-state index in [-0.39, 0.29) is 5.91 Å². The third-order valence-electron chi connectivity index (χ3n) is 4.83. The summed E-state index contributed by atoms with van der Waals surface area (Å²) < 4.78 is 8.22. The van der Waals surface area contributed by atoms with E-state index in [1.54, 1.807) is 17.6 Å². The molecule has 0 unspecified atom stereocenters. The average Bonchev–Trinajstić information content (AvgIpc) is 3.47. The molecule has 1 aliphatic rings. The van der Waals surface area contributed by atoms with Gasteiger partial charge in [-0.3, -0.25) is 14.3 Å². The number of hydrogen-bond acceptors (Lipinski definition) is 7. The van der Waals surface area contributed by atoms with Crippen LogP contribution in [0.15, 0.2) is 40.1 Å². The number of piperazine rings is 1. The molecule has 0 spiro atoms. The van der Waals surface area contributed by atoms with Crippen molar-refractivity contribution in [2.45, 2.75) is 25.2 Å². The van der Waals surface area contributed by atoms with E-state index in [9.17, 15) is 4.79 Å². The highest BCUT2D eigenvalue weighted by atomic mass is 35.5. The number of halogens is 1. The molecular weight excluding hydrogens is 430 g/mol. The smallest absolute Gasteiger partial charge is 0.233 e. The molecule has 29 heavy (non-hydrogen) atoms. The number of rotatable bonds is 7. The Morgan fingerprint density at radius 2 is 2.07 bits per heavy atom. The van der Waals surface area contributed by atoms with Crippen LogP contribution in [0.3, 0.4) is 0 Å². The van der Waals surface area contributed by atoms with Crippen LogP contribution in [0.4, 0.5) is 0 Å². The summed E-state index contributed by atoms with van der Waals surface area (Å²) in [6.45, 7) is 6.88. The Bertz CT molecular complexity index is 948. The van der Waals surface area contributed by atoms with E-state index >= 15 is 0 Å². The predicted octanol–water partition coefficient (Wildman–Crippen LogP) is 3.71. The first-order valence-corrected chi connectivity index (χ1v) is 11.7. The molecule has 7 nitrogen and oxygen atoms in total. The number of thiophene rings is 1. The van der Waals surface area contributed by atoms with Crippen LogP contribution in [-0.4, -0.2) is 62.4 Å². The second-order valence-corrected chi connectivity index (χ2v) is 9.42. The summed E-state index contributed by atoms with van der Waals surface area (Å²) in [6.07, 6.45) is 1.62. The molecule has 1 saturated heterocycles. The Balaban J connectivity index is 1.28. The first-order chi connectivity index (χ1) is 14.1. The minimum absolute atomic E-state index is 0.138. The van der Waals surface area contributed by atoms with Crippen molar-refractivity contribution in [3.8, 4) is 11.6 Å². The van der Waals surface area contributed by atoms with Gasteiger partial charge >= 0.3 is 0 Å². The lowest BCUT2D eigenvalue weighted by Gasteiger charge is -2.34. The Morgan fingerprint density at radius 3 is 2.72 bits per heavy atom. The average molecular weight is 452 g/mol. The molecule has 3 aromatic heterocycles. The van der Waals surface area contributed by atoms with Gasteiger partial charge in [0.25, 0.3) is 0 Å². The fraction of sp³-hybridized carbons (Fsp3) is 0.421. The molecule has 1 aliphatic heterocycles. The van der Waals surface area contributed by atoms with Gasteiger partial charge in [-0.1, -0.05) is 23.4 Å². The monoisotopic (exact) mass is 451 g/mol. The second kappa shape index (κ2) is 9.34. The highest BCUT2D eigenvalue weighted by Crippen LogP contribution is 2.25. The van der Waals surface area contributed by atoms with E-state index < -0.39 is 0 Å². The number of aromatic nitrogens is 3. The van der Waals surface area contributed by atoms with Crippen molar-refractivity contribution in [3.05, 3.63) is 39.7 Å². The standard InChI is InChI=1S/C19H22ClN5O2S2/c1-2-25-18(15-4-3-11-27-15)21-22-19(25)28-13-17(26)24-9-7-23(8-10-24)12-14-5-6-16(20)29-14/h3-6,11H,2,7-10,12-13H2,1H3. The van der Waals surface area contributed by atoms with Gasteiger partial charge in [0.1, 0.15) is 0 Å².